The number of hydrogen-bond acceptors (Lipinski definition) is 4. The van der Waals surface area contributed by atoms with Crippen LogP contribution in [0.5, 0.6) is 5.75 Å². The van der Waals surface area contributed by atoms with Gasteiger partial charge in [-0.25, -0.2) is 4.98 Å². The van der Waals surface area contributed by atoms with Crippen LogP contribution in [0.3, 0.4) is 0 Å². The number of fused-ring (bicyclic) bond motifs is 1. The lowest BCUT2D eigenvalue weighted by atomic mass is 10.2. The van der Waals surface area contributed by atoms with Crippen LogP contribution in [-0.2, 0) is 4.79 Å². The van der Waals surface area contributed by atoms with Crippen molar-refractivity contribution in [3.8, 4) is 5.75 Å². The molecule has 0 unspecified atom stereocenters. The summed E-state index contributed by atoms with van der Waals surface area (Å²) < 4.78 is 6.18. The number of hydrogen-bond donors (Lipinski definition) is 1. The number of benzene rings is 1. The molecule has 0 aliphatic rings. The minimum Gasteiger partial charge on any atom is -0.495 e. The first-order valence-corrected chi connectivity index (χ1v) is 5.65. The van der Waals surface area contributed by atoms with E-state index in [4.69, 9.17) is 4.74 Å². The normalized spacial score (nSPS) is 10.4. The summed E-state index contributed by atoms with van der Waals surface area (Å²) in [6, 6.07) is 3.70. The van der Waals surface area contributed by atoms with Crippen LogP contribution in [0.25, 0.3) is 10.2 Å². The van der Waals surface area contributed by atoms with Gasteiger partial charge in [0.05, 0.1) is 22.3 Å². The number of aryl methyl sites for hydroxylation is 1. The van der Waals surface area contributed by atoms with Gasteiger partial charge in [-0.1, -0.05) is 0 Å². The van der Waals surface area contributed by atoms with Crippen molar-refractivity contribution in [2.24, 2.45) is 0 Å². The zero-order valence-corrected chi connectivity index (χ0v) is 10.1. The minimum atomic E-state index is -0.114. The zero-order valence-electron chi connectivity index (χ0n) is 9.33. The molecule has 2 aromatic rings. The topological polar surface area (TPSA) is 51.2 Å². The highest BCUT2D eigenvalue weighted by atomic mass is 32.1. The molecule has 0 saturated heterocycles. The molecule has 0 saturated carbocycles. The third-order valence-corrected chi connectivity index (χ3v) is 3.15. The average molecular weight is 236 g/mol. The van der Waals surface area contributed by atoms with Crippen LogP contribution in [0.1, 0.15) is 11.9 Å². The lowest BCUT2D eigenvalue weighted by Crippen LogP contribution is -2.07. The van der Waals surface area contributed by atoms with Crippen molar-refractivity contribution < 1.29 is 9.53 Å². The maximum Gasteiger partial charge on any atom is 0.221 e. The number of nitrogens with one attached hydrogen (secondary N) is 1. The van der Waals surface area contributed by atoms with Crippen LogP contribution in [-0.4, -0.2) is 18.0 Å². The summed E-state index contributed by atoms with van der Waals surface area (Å²) >= 11 is 1.54. The third kappa shape index (κ3) is 1.86. The van der Waals surface area contributed by atoms with Crippen LogP contribution < -0.4 is 10.1 Å². The number of amides is 1. The van der Waals surface area contributed by atoms with E-state index in [-0.39, 0.29) is 5.91 Å². The van der Waals surface area contributed by atoms with Crippen LogP contribution in [0.4, 0.5) is 5.69 Å². The lowest BCUT2D eigenvalue weighted by Gasteiger charge is -2.08. The van der Waals surface area contributed by atoms with Gasteiger partial charge in [0.2, 0.25) is 5.91 Å². The molecule has 0 radical (unpaired) electrons. The number of nitrogens with zero attached hydrogens (tertiary/aromatic N) is 1. The predicted octanol–water partition coefficient (Wildman–Crippen LogP) is 2.57. The summed E-state index contributed by atoms with van der Waals surface area (Å²) in [5, 5.41) is 3.75. The Hall–Kier alpha value is -1.62. The van der Waals surface area contributed by atoms with Gasteiger partial charge in [0.25, 0.3) is 0 Å². The largest absolute Gasteiger partial charge is 0.495 e. The van der Waals surface area contributed by atoms with Gasteiger partial charge in [0, 0.05) is 6.92 Å². The number of rotatable bonds is 2. The molecule has 0 fully saturated rings. The Kier molecular flexibility index (Phi) is 2.78. The van der Waals surface area contributed by atoms with E-state index in [9.17, 15) is 4.79 Å². The highest BCUT2D eigenvalue weighted by molar-refractivity contribution is 7.19. The molecule has 1 aromatic carbocycles. The SMILES string of the molecule is COc1ccc2nc(C)sc2c1NC(C)=O. The lowest BCUT2D eigenvalue weighted by molar-refractivity contribution is -0.114. The van der Waals surface area contributed by atoms with Crippen LogP contribution >= 0.6 is 11.3 Å². The molecule has 1 N–H and O–H groups in total. The van der Waals surface area contributed by atoms with Crippen molar-refractivity contribution in [1.29, 1.82) is 0 Å². The Morgan fingerprint density at radius 1 is 1.50 bits per heavy atom. The van der Waals surface area contributed by atoms with Crippen LogP contribution in [0, 0.1) is 6.92 Å². The molecule has 0 aliphatic carbocycles. The number of thiazole rings is 1. The van der Waals surface area contributed by atoms with Crippen molar-refractivity contribution in [1.82, 2.24) is 4.98 Å². The van der Waals surface area contributed by atoms with Gasteiger partial charge in [-0.05, 0) is 19.1 Å². The molecular weight excluding hydrogens is 224 g/mol. The van der Waals surface area contributed by atoms with Gasteiger partial charge in [0.1, 0.15) is 11.4 Å². The monoisotopic (exact) mass is 236 g/mol. The molecule has 16 heavy (non-hydrogen) atoms. The van der Waals surface area contributed by atoms with Gasteiger partial charge >= 0.3 is 0 Å². The van der Waals surface area contributed by atoms with E-state index in [0.717, 1.165) is 15.2 Å². The summed E-state index contributed by atoms with van der Waals surface area (Å²) in [6.45, 7) is 3.42. The number of anilines is 1. The molecule has 1 amide bonds. The molecule has 0 bridgehead atoms. The maximum atomic E-state index is 11.1. The van der Waals surface area contributed by atoms with Crippen molar-refractivity contribution in [2.45, 2.75) is 13.8 Å². The van der Waals surface area contributed by atoms with Crippen molar-refractivity contribution >= 4 is 33.1 Å². The van der Waals surface area contributed by atoms with Gasteiger partial charge in [0.15, 0.2) is 0 Å². The van der Waals surface area contributed by atoms with E-state index >= 15 is 0 Å². The molecule has 0 spiro atoms. The fourth-order valence-electron chi connectivity index (χ4n) is 1.55. The Labute approximate surface area is 97.3 Å². The maximum absolute atomic E-state index is 11.1. The zero-order chi connectivity index (χ0) is 11.7. The van der Waals surface area contributed by atoms with Crippen molar-refractivity contribution in [3.63, 3.8) is 0 Å². The van der Waals surface area contributed by atoms with Gasteiger partial charge in [-0.15, -0.1) is 11.3 Å². The Morgan fingerprint density at radius 3 is 2.88 bits per heavy atom. The molecule has 4 nitrogen and oxygen atoms in total. The molecular formula is C11H12N2O2S. The van der Waals surface area contributed by atoms with Crippen molar-refractivity contribution in [3.05, 3.63) is 17.1 Å². The molecule has 5 heteroatoms. The third-order valence-electron chi connectivity index (χ3n) is 2.15. The molecule has 84 valence electrons. The molecule has 0 atom stereocenters. The van der Waals surface area contributed by atoms with Crippen molar-refractivity contribution in [2.75, 3.05) is 12.4 Å². The molecule has 1 heterocycles. The summed E-state index contributed by atoms with van der Waals surface area (Å²) in [5.41, 5.74) is 1.59. The number of methoxy groups -OCH3 is 1. The fraction of sp³-hybridized carbons (Fsp3) is 0.273. The first-order valence-electron chi connectivity index (χ1n) is 4.83. The first kappa shape index (κ1) is 10.9. The summed E-state index contributed by atoms with van der Waals surface area (Å²) in [6.07, 6.45) is 0. The smallest absolute Gasteiger partial charge is 0.221 e. The highest BCUT2D eigenvalue weighted by Gasteiger charge is 2.12. The van der Waals surface area contributed by atoms with E-state index in [0.29, 0.717) is 11.4 Å². The number of carbonyl (C=O) groups is 1. The van der Waals surface area contributed by atoms with Gasteiger partial charge < -0.3 is 10.1 Å². The van der Waals surface area contributed by atoms with Crippen LogP contribution in [0.15, 0.2) is 12.1 Å². The number of aromatic nitrogens is 1. The van der Waals surface area contributed by atoms with E-state index in [1.165, 1.54) is 6.92 Å². The molecule has 2 rings (SSSR count). The highest BCUT2D eigenvalue weighted by Crippen LogP contribution is 2.36. The first-order chi connectivity index (χ1) is 7.61. The predicted molar refractivity (Wildman–Crippen MR) is 65.2 cm³/mol. The van der Waals surface area contributed by atoms with E-state index in [2.05, 4.69) is 10.3 Å². The Balaban J connectivity index is 2.66. The number of carbonyl (C=O) groups excluding carboxylic acids is 1. The second-order valence-electron chi connectivity index (χ2n) is 3.41. The standard InChI is InChI=1S/C11H12N2O2S/c1-6(14)12-10-9(15-3)5-4-8-11(10)16-7(2)13-8/h4-5H,1-3H3,(H,12,14). The second-order valence-corrected chi connectivity index (χ2v) is 4.61. The summed E-state index contributed by atoms with van der Waals surface area (Å²) in [5.74, 6) is 0.545. The summed E-state index contributed by atoms with van der Waals surface area (Å²) in [7, 11) is 1.58. The van der Waals surface area contributed by atoms with Gasteiger partial charge in [-0.3, -0.25) is 4.79 Å². The number of ether oxygens (including phenoxy) is 1. The van der Waals surface area contributed by atoms with Crippen LogP contribution in [0.2, 0.25) is 0 Å². The minimum absolute atomic E-state index is 0.114. The van der Waals surface area contributed by atoms with E-state index < -0.39 is 0 Å². The van der Waals surface area contributed by atoms with E-state index in [1.807, 2.05) is 19.1 Å². The van der Waals surface area contributed by atoms with Gasteiger partial charge in [-0.2, -0.15) is 0 Å². The molecule has 1 aromatic heterocycles. The fourth-order valence-corrected chi connectivity index (χ4v) is 2.46. The Morgan fingerprint density at radius 2 is 2.25 bits per heavy atom. The summed E-state index contributed by atoms with van der Waals surface area (Å²) in [4.78, 5) is 15.5. The Bertz CT molecular complexity index is 548. The quantitative estimate of drug-likeness (QED) is 0.871. The molecule has 0 aliphatic heterocycles. The second kappa shape index (κ2) is 4.09. The van der Waals surface area contributed by atoms with E-state index in [1.54, 1.807) is 18.4 Å². The average Bonchev–Trinajstić information content (AvgIpc) is 2.59.